The van der Waals surface area contributed by atoms with Crippen molar-refractivity contribution in [1.82, 2.24) is 19.7 Å². The third kappa shape index (κ3) is 3.04. The van der Waals surface area contributed by atoms with Gasteiger partial charge < -0.3 is 4.42 Å². The molecule has 0 bridgehead atoms. The molecule has 0 aliphatic carbocycles. The van der Waals surface area contributed by atoms with Crippen LogP contribution in [-0.2, 0) is 0 Å². The van der Waals surface area contributed by atoms with Gasteiger partial charge in [-0.15, -0.1) is 5.10 Å². The lowest BCUT2D eigenvalue weighted by molar-refractivity contribution is 0.669. The maximum absolute atomic E-state index is 6.39. The van der Waals surface area contributed by atoms with Gasteiger partial charge in [0.15, 0.2) is 11.5 Å². The van der Waals surface area contributed by atoms with E-state index in [4.69, 9.17) is 9.40 Å². The van der Waals surface area contributed by atoms with Crippen LogP contribution in [0.3, 0.4) is 0 Å². The van der Waals surface area contributed by atoms with Gasteiger partial charge >= 0.3 is 0 Å². The van der Waals surface area contributed by atoms with Crippen molar-refractivity contribution in [2.75, 3.05) is 0 Å². The molecule has 168 valence electrons. The molecule has 3 aromatic heterocycles. The van der Waals surface area contributed by atoms with E-state index in [0.29, 0.717) is 11.8 Å². The molecule has 3 aromatic carbocycles. The lowest BCUT2D eigenvalue weighted by atomic mass is 9.92. The standard InChI is InChI=1S/C29H26N4O/c1-17(2)19-10-7-11-20(18(3)4)26(19)33-28(31-24-15-16-30-32-29(24)33)23-13-8-12-22-21-9-5-6-14-25(21)34-27(22)23/h5-18H,1-4H3. The number of rotatable bonds is 4. The highest BCUT2D eigenvalue weighted by molar-refractivity contribution is 6.09. The Morgan fingerprint density at radius 1 is 0.765 bits per heavy atom. The van der Waals surface area contributed by atoms with E-state index in [9.17, 15) is 0 Å². The summed E-state index contributed by atoms with van der Waals surface area (Å²) in [5, 5.41) is 11.0. The van der Waals surface area contributed by atoms with Crippen LogP contribution in [0.4, 0.5) is 0 Å². The summed E-state index contributed by atoms with van der Waals surface area (Å²) in [6, 6.07) is 22.9. The zero-order valence-electron chi connectivity index (χ0n) is 19.8. The van der Waals surface area contributed by atoms with Crippen LogP contribution in [0.1, 0.15) is 50.7 Å². The molecule has 0 aliphatic heterocycles. The van der Waals surface area contributed by atoms with E-state index in [1.165, 1.54) is 11.1 Å². The van der Waals surface area contributed by atoms with E-state index in [1.807, 2.05) is 24.3 Å². The van der Waals surface area contributed by atoms with Crippen LogP contribution in [0.2, 0.25) is 0 Å². The second-order valence-electron chi connectivity index (χ2n) is 9.39. The van der Waals surface area contributed by atoms with Crippen LogP contribution in [0.25, 0.3) is 50.2 Å². The number of hydrogen-bond donors (Lipinski definition) is 0. The topological polar surface area (TPSA) is 56.7 Å². The number of benzene rings is 3. The first-order valence-electron chi connectivity index (χ1n) is 11.8. The molecular weight excluding hydrogens is 420 g/mol. The molecule has 0 atom stereocenters. The van der Waals surface area contributed by atoms with Gasteiger partial charge in [0.25, 0.3) is 0 Å². The third-order valence-corrected chi connectivity index (χ3v) is 6.54. The van der Waals surface area contributed by atoms with Gasteiger partial charge in [0.2, 0.25) is 0 Å². The molecule has 0 spiro atoms. The molecule has 5 heteroatoms. The molecule has 0 aliphatic rings. The number of hydrogen-bond acceptors (Lipinski definition) is 4. The van der Waals surface area contributed by atoms with Crippen molar-refractivity contribution in [3.8, 4) is 17.1 Å². The smallest absolute Gasteiger partial charge is 0.187 e. The van der Waals surface area contributed by atoms with Crippen molar-refractivity contribution in [3.63, 3.8) is 0 Å². The normalized spacial score (nSPS) is 12.1. The molecule has 0 saturated heterocycles. The van der Waals surface area contributed by atoms with Crippen molar-refractivity contribution in [2.45, 2.75) is 39.5 Å². The summed E-state index contributed by atoms with van der Waals surface area (Å²) in [5.41, 5.74) is 7.87. The number of imidazole rings is 1. The Hall–Kier alpha value is -3.99. The van der Waals surface area contributed by atoms with Gasteiger partial charge in [-0.05, 0) is 41.2 Å². The number of para-hydroxylation sites is 3. The van der Waals surface area contributed by atoms with Crippen molar-refractivity contribution in [3.05, 3.63) is 84.1 Å². The average molecular weight is 447 g/mol. The van der Waals surface area contributed by atoms with E-state index >= 15 is 0 Å². The Balaban J connectivity index is 1.77. The summed E-state index contributed by atoms with van der Waals surface area (Å²) >= 11 is 0. The predicted molar refractivity (Wildman–Crippen MR) is 138 cm³/mol. The van der Waals surface area contributed by atoms with E-state index in [-0.39, 0.29) is 0 Å². The molecule has 0 radical (unpaired) electrons. The van der Waals surface area contributed by atoms with Gasteiger partial charge in [0.05, 0.1) is 17.4 Å². The first-order valence-corrected chi connectivity index (χ1v) is 11.8. The second kappa shape index (κ2) is 7.80. The Morgan fingerprint density at radius 3 is 2.24 bits per heavy atom. The highest BCUT2D eigenvalue weighted by Gasteiger charge is 2.24. The van der Waals surface area contributed by atoms with E-state index in [2.05, 4.69) is 84.9 Å². The Bertz CT molecular complexity index is 1650. The summed E-state index contributed by atoms with van der Waals surface area (Å²) in [4.78, 5) is 5.08. The molecule has 0 unspecified atom stereocenters. The highest BCUT2D eigenvalue weighted by Crippen LogP contribution is 2.40. The number of nitrogens with zero attached hydrogens (tertiary/aromatic N) is 4. The minimum atomic E-state index is 0.331. The first kappa shape index (κ1) is 20.6. The Kier molecular flexibility index (Phi) is 4.73. The van der Waals surface area contributed by atoms with Gasteiger partial charge in [-0.3, -0.25) is 4.57 Å². The Morgan fingerprint density at radius 2 is 1.47 bits per heavy atom. The minimum absolute atomic E-state index is 0.331. The lowest BCUT2D eigenvalue weighted by Crippen LogP contribution is -2.09. The molecule has 34 heavy (non-hydrogen) atoms. The SMILES string of the molecule is CC(C)c1cccc(C(C)C)c1-n1c(-c2cccc3c2oc2ccccc23)nc2ccnnc21. The molecule has 6 aromatic rings. The van der Waals surface area contributed by atoms with E-state index < -0.39 is 0 Å². The zero-order chi connectivity index (χ0) is 23.4. The molecule has 0 fully saturated rings. The molecule has 0 amide bonds. The Labute approximate surface area is 198 Å². The predicted octanol–water partition coefficient (Wildman–Crippen LogP) is 7.63. The largest absolute Gasteiger partial charge is 0.455 e. The second-order valence-corrected chi connectivity index (χ2v) is 9.39. The fourth-order valence-electron chi connectivity index (χ4n) is 4.91. The first-order chi connectivity index (χ1) is 16.5. The summed E-state index contributed by atoms with van der Waals surface area (Å²) in [6.45, 7) is 8.92. The van der Waals surface area contributed by atoms with Gasteiger partial charge in [-0.1, -0.05) is 76.2 Å². The summed E-state index contributed by atoms with van der Waals surface area (Å²) in [5.74, 6) is 1.48. The molecule has 5 nitrogen and oxygen atoms in total. The van der Waals surface area contributed by atoms with Crippen molar-refractivity contribution in [1.29, 1.82) is 0 Å². The van der Waals surface area contributed by atoms with Crippen LogP contribution in [0.15, 0.2) is 77.3 Å². The molecular formula is C29H26N4O. The fraction of sp³-hybridized carbons (Fsp3) is 0.207. The van der Waals surface area contributed by atoms with Crippen molar-refractivity contribution < 1.29 is 4.42 Å². The average Bonchev–Trinajstić information content (AvgIpc) is 3.42. The lowest BCUT2D eigenvalue weighted by Gasteiger charge is -2.22. The third-order valence-electron chi connectivity index (χ3n) is 6.54. The van der Waals surface area contributed by atoms with E-state index in [0.717, 1.165) is 50.2 Å². The molecule has 0 N–H and O–H groups in total. The van der Waals surface area contributed by atoms with Crippen molar-refractivity contribution in [2.24, 2.45) is 0 Å². The van der Waals surface area contributed by atoms with Crippen LogP contribution in [0, 0.1) is 0 Å². The minimum Gasteiger partial charge on any atom is -0.455 e. The maximum atomic E-state index is 6.39. The molecule has 0 saturated carbocycles. The number of fused-ring (bicyclic) bond motifs is 4. The summed E-state index contributed by atoms with van der Waals surface area (Å²) in [6.07, 6.45) is 1.70. The van der Waals surface area contributed by atoms with Gasteiger partial charge in [-0.2, -0.15) is 5.10 Å². The molecule has 6 rings (SSSR count). The van der Waals surface area contributed by atoms with Crippen LogP contribution < -0.4 is 0 Å². The zero-order valence-corrected chi connectivity index (χ0v) is 19.8. The quantitative estimate of drug-likeness (QED) is 0.279. The fourth-order valence-corrected chi connectivity index (χ4v) is 4.91. The van der Waals surface area contributed by atoms with Gasteiger partial charge in [0, 0.05) is 10.8 Å². The summed E-state index contributed by atoms with van der Waals surface area (Å²) in [7, 11) is 0. The van der Waals surface area contributed by atoms with Gasteiger partial charge in [0.1, 0.15) is 16.7 Å². The van der Waals surface area contributed by atoms with E-state index in [1.54, 1.807) is 6.20 Å². The van der Waals surface area contributed by atoms with Crippen molar-refractivity contribution >= 4 is 33.1 Å². The highest BCUT2D eigenvalue weighted by atomic mass is 16.3. The number of furan rings is 1. The number of aromatic nitrogens is 4. The monoisotopic (exact) mass is 446 g/mol. The molecule has 3 heterocycles. The van der Waals surface area contributed by atoms with Crippen LogP contribution >= 0.6 is 0 Å². The summed E-state index contributed by atoms with van der Waals surface area (Å²) < 4.78 is 8.58. The van der Waals surface area contributed by atoms with Crippen LogP contribution in [-0.4, -0.2) is 19.7 Å². The van der Waals surface area contributed by atoms with Crippen LogP contribution in [0.5, 0.6) is 0 Å². The maximum Gasteiger partial charge on any atom is 0.187 e. The van der Waals surface area contributed by atoms with Gasteiger partial charge in [-0.25, -0.2) is 4.98 Å².